The van der Waals surface area contributed by atoms with Crippen molar-refractivity contribution in [3.8, 4) is 0 Å². The maximum absolute atomic E-state index is 10.7. The maximum atomic E-state index is 10.7. The van der Waals surface area contributed by atoms with E-state index < -0.39 is 16.8 Å². The Morgan fingerprint density at radius 1 is 1.83 bits per heavy atom. The molecule has 0 rings (SSSR count). The van der Waals surface area contributed by atoms with Crippen molar-refractivity contribution in [3.63, 3.8) is 0 Å². The lowest BCUT2D eigenvalue weighted by molar-refractivity contribution is -0.140. The van der Waals surface area contributed by atoms with E-state index in [-0.39, 0.29) is 0 Å². The summed E-state index contributed by atoms with van der Waals surface area (Å²) in [5.74, 6) is -0.892. The summed E-state index contributed by atoms with van der Waals surface area (Å²) >= 11 is 4.18. The van der Waals surface area contributed by atoms with Crippen molar-refractivity contribution in [1.29, 1.82) is 0 Å². The molecule has 4 heteroatoms. The summed E-state index contributed by atoms with van der Waals surface area (Å²) in [7, 11) is 0. The van der Waals surface area contributed by atoms with Gasteiger partial charge >= 0.3 is 5.97 Å². The second-order valence-corrected chi connectivity index (χ2v) is 4.27. The Bertz CT molecular complexity index is 174. The Balaban J connectivity index is 4.24. The molecule has 0 heterocycles. The average molecular weight is 189 g/mol. The van der Waals surface area contributed by atoms with Gasteiger partial charge in [-0.3, -0.25) is 10.1 Å². The first-order valence-electron chi connectivity index (χ1n) is 3.69. The summed E-state index contributed by atoms with van der Waals surface area (Å²) in [6.45, 7) is 7.48. The first-order chi connectivity index (χ1) is 5.39. The number of rotatable bonds is 5. The van der Waals surface area contributed by atoms with E-state index in [4.69, 9.17) is 5.11 Å². The number of hydrogen-bond acceptors (Lipinski definition) is 3. The average Bonchev–Trinajstić information content (AvgIpc) is 1.84. The second-order valence-electron chi connectivity index (χ2n) is 3.12. The highest BCUT2D eigenvalue weighted by molar-refractivity contribution is 7.81. The molecule has 0 saturated carbocycles. The first kappa shape index (κ1) is 11.5. The lowest BCUT2D eigenvalue weighted by Gasteiger charge is -2.26. The Morgan fingerprint density at radius 2 is 2.33 bits per heavy atom. The minimum absolute atomic E-state index is 0.473. The van der Waals surface area contributed by atoms with Crippen LogP contribution < -0.4 is 5.32 Å². The van der Waals surface area contributed by atoms with E-state index in [1.54, 1.807) is 19.9 Å². The highest BCUT2D eigenvalue weighted by Crippen LogP contribution is 2.17. The van der Waals surface area contributed by atoms with Crippen molar-refractivity contribution < 1.29 is 9.90 Å². The quantitative estimate of drug-likeness (QED) is 0.445. The molecule has 0 unspecified atom stereocenters. The molecule has 12 heavy (non-hydrogen) atoms. The van der Waals surface area contributed by atoms with Gasteiger partial charge in [0.05, 0.1) is 0 Å². The number of carbonyl (C=O) groups is 1. The van der Waals surface area contributed by atoms with Gasteiger partial charge in [0.25, 0.3) is 0 Å². The third-order valence-corrected chi connectivity index (χ3v) is 1.68. The number of carboxylic acid groups (broad SMARTS) is 1. The Kier molecular flexibility index (Phi) is 4.34. The Labute approximate surface area is 78.3 Å². The van der Waals surface area contributed by atoms with Crippen molar-refractivity contribution in [1.82, 2.24) is 5.32 Å². The monoisotopic (exact) mass is 189 g/mol. The highest BCUT2D eigenvalue weighted by Gasteiger charge is 2.30. The highest BCUT2D eigenvalue weighted by atomic mass is 32.1. The van der Waals surface area contributed by atoms with Gasteiger partial charge in [-0.2, -0.15) is 12.6 Å². The smallest absolute Gasteiger partial charge is 0.322 e. The molecule has 0 aliphatic heterocycles. The SMILES string of the molecule is C=CCN[C@H](C(=O)O)C(C)(C)S. The molecular formula is C8H15NO2S. The minimum Gasteiger partial charge on any atom is -0.480 e. The Hall–Kier alpha value is -0.480. The van der Waals surface area contributed by atoms with Gasteiger partial charge in [-0.05, 0) is 13.8 Å². The molecule has 1 atom stereocenters. The molecule has 0 aromatic rings. The molecule has 0 fully saturated rings. The predicted octanol–water partition coefficient (Wildman–Crippen LogP) is 0.924. The molecule has 0 aromatic carbocycles. The third-order valence-electron chi connectivity index (χ3n) is 1.42. The first-order valence-corrected chi connectivity index (χ1v) is 4.13. The van der Waals surface area contributed by atoms with E-state index in [0.717, 1.165) is 0 Å². The van der Waals surface area contributed by atoms with Crippen molar-refractivity contribution in [2.75, 3.05) is 6.54 Å². The van der Waals surface area contributed by atoms with Crippen LogP contribution in [-0.4, -0.2) is 28.4 Å². The van der Waals surface area contributed by atoms with Crippen molar-refractivity contribution in [3.05, 3.63) is 12.7 Å². The van der Waals surface area contributed by atoms with Crippen LogP contribution in [0.25, 0.3) is 0 Å². The van der Waals surface area contributed by atoms with Crippen LogP contribution in [0.5, 0.6) is 0 Å². The number of thiol groups is 1. The zero-order valence-corrected chi connectivity index (χ0v) is 8.27. The number of carboxylic acids is 1. The molecule has 0 saturated heterocycles. The predicted molar refractivity (Wildman–Crippen MR) is 52.7 cm³/mol. The second kappa shape index (κ2) is 4.52. The fourth-order valence-electron chi connectivity index (χ4n) is 0.840. The van der Waals surface area contributed by atoms with Crippen LogP contribution in [0.15, 0.2) is 12.7 Å². The van der Waals surface area contributed by atoms with Gasteiger partial charge in [-0.1, -0.05) is 6.08 Å². The number of hydrogen-bond donors (Lipinski definition) is 3. The van der Waals surface area contributed by atoms with Crippen LogP contribution in [0.3, 0.4) is 0 Å². The lowest BCUT2D eigenvalue weighted by atomic mass is 10.0. The van der Waals surface area contributed by atoms with Crippen molar-refractivity contribution >= 4 is 18.6 Å². The topological polar surface area (TPSA) is 49.3 Å². The van der Waals surface area contributed by atoms with Gasteiger partial charge in [0.15, 0.2) is 0 Å². The third kappa shape index (κ3) is 3.78. The molecule has 0 spiro atoms. The molecule has 70 valence electrons. The zero-order chi connectivity index (χ0) is 9.78. The van der Waals surface area contributed by atoms with Crippen LogP contribution in [0.1, 0.15) is 13.8 Å². The summed E-state index contributed by atoms with van der Waals surface area (Å²) in [5.41, 5.74) is 0. The van der Waals surface area contributed by atoms with Crippen LogP contribution in [-0.2, 0) is 4.79 Å². The summed E-state index contributed by atoms with van der Waals surface area (Å²) in [4.78, 5) is 10.7. The molecule has 2 N–H and O–H groups in total. The zero-order valence-electron chi connectivity index (χ0n) is 7.37. The van der Waals surface area contributed by atoms with Crippen LogP contribution in [0, 0.1) is 0 Å². The minimum atomic E-state index is -0.892. The van der Waals surface area contributed by atoms with Crippen LogP contribution in [0.2, 0.25) is 0 Å². The van der Waals surface area contributed by atoms with E-state index in [0.29, 0.717) is 6.54 Å². The summed E-state index contributed by atoms with van der Waals surface area (Å²) in [6, 6.07) is -0.654. The van der Waals surface area contributed by atoms with Crippen LogP contribution >= 0.6 is 12.6 Å². The molecule has 0 amide bonds. The Morgan fingerprint density at radius 3 is 2.58 bits per heavy atom. The van der Waals surface area contributed by atoms with Gasteiger partial charge in [0.1, 0.15) is 6.04 Å². The molecule has 3 nitrogen and oxygen atoms in total. The van der Waals surface area contributed by atoms with Crippen molar-refractivity contribution in [2.45, 2.75) is 24.6 Å². The summed E-state index contributed by atoms with van der Waals surface area (Å²) < 4.78 is -0.575. The standard InChI is InChI=1S/C8H15NO2S/c1-4-5-9-6(7(10)11)8(2,3)12/h4,6,9,12H,1,5H2,2-3H3,(H,10,11)/t6-/m1/s1. The molecular weight excluding hydrogens is 174 g/mol. The van der Waals surface area contributed by atoms with Gasteiger partial charge in [-0.15, -0.1) is 6.58 Å². The van der Waals surface area contributed by atoms with E-state index in [2.05, 4.69) is 24.5 Å². The largest absolute Gasteiger partial charge is 0.480 e. The normalized spacial score (nSPS) is 13.9. The van der Waals surface area contributed by atoms with Crippen molar-refractivity contribution in [2.24, 2.45) is 0 Å². The molecule has 0 aliphatic rings. The number of nitrogens with one attached hydrogen (secondary N) is 1. The van der Waals surface area contributed by atoms with Gasteiger partial charge in [0, 0.05) is 11.3 Å². The fraction of sp³-hybridized carbons (Fsp3) is 0.625. The van der Waals surface area contributed by atoms with Crippen LogP contribution in [0.4, 0.5) is 0 Å². The summed E-state index contributed by atoms with van der Waals surface area (Å²) in [5, 5.41) is 11.6. The lowest BCUT2D eigenvalue weighted by Crippen LogP contribution is -2.49. The molecule has 0 bridgehead atoms. The van der Waals surface area contributed by atoms with Gasteiger partial charge in [0.2, 0.25) is 0 Å². The van der Waals surface area contributed by atoms with Gasteiger partial charge in [-0.25, -0.2) is 0 Å². The number of aliphatic carboxylic acids is 1. The summed E-state index contributed by atoms with van der Waals surface area (Å²) in [6.07, 6.45) is 1.62. The van der Waals surface area contributed by atoms with Gasteiger partial charge < -0.3 is 5.11 Å². The molecule has 0 aliphatic carbocycles. The van der Waals surface area contributed by atoms with E-state index in [1.165, 1.54) is 0 Å². The van der Waals surface area contributed by atoms with E-state index >= 15 is 0 Å². The fourth-order valence-corrected chi connectivity index (χ4v) is 1.04. The maximum Gasteiger partial charge on any atom is 0.322 e. The van der Waals surface area contributed by atoms with E-state index in [1.807, 2.05) is 0 Å². The molecule has 0 radical (unpaired) electrons. The molecule has 0 aromatic heterocycles. The van der Waals surface area contributed by atoms with E-state index in [9.17, 15) is 4.79 Å².